The van der Waals surface area contributed by atoms with Gasteiger partial charge in [-0.1, -0.05) is 6.07 Å². The fourth-order valence-corrected chi connectivity index (χ4v) is 2.17. The van der Waals surface area contributed by atoms with Crippen LogP contribution in [0, 0.1) is 51.0 Å². The summed E-state index contributed by atoms with van der Waals surface area (Å²) in [6.07, 6.45) is 1.26. The van der Waals surface area contributed by atoms with Gasteiger partial charge in [-0.05, 0) is 30.7 Å². The Labute approximate surface area is 148 Å². The third kappa shape index (κ3) is 3.59. The number of rotatable bonds is 4. The van der Waals surface area contributed by atoms with Gasteiger partial charge < -0.3 is 10.2 Å². The van der Waals surface area contributed by atoms with E-state index in [-0.39, 0.29) is 34.0 Å². The molecule has 0 unspecified atom stereocenters. The van der Waals surface area contributed by atoms with Crippen LogP contribution in [0.4, 0.5) is 5.69 Å². The highest BCUT2D eigenvalue weighted by atomic mass is 16.6. The van der Waals surface area contributed by atoms with E-state index in [9.17, 15) is 15.4 Å². The number of nitro benzene ring substituents is 1. The van der Waals surface area contributed by atoms with E-state index in [0.29, 0.717) is 0 Å². The van der Waals surface area contributed by atoms with E-state index in [1.807, 2.05) is 0 Å². The standard InChI is InChI=1S/C18H11N5O3/c1-11-2-4-15(16(6-11)23(24)25)17-5-3-14(26-17)7-12(8-19)18(22)13(9-20)10-21/h2-7H,22H2,1H3/b12-7+. The molecular weight excluding hydrogens is 334 g/mol. The molecule has 2 rings (SSSR count). The second-order valence-electron chi connectivity index (χ2n) is 5.16. The molecule has 1 aromatic heterocycles. The minimum Gasteiger partial charge on any atom is -0.456 e. The first-order valence-corrected chi connectivity index (χ1v) is 7.18. The van der Waals surface area contributed by atoms with Crippen LogP contribution in [0.3, 0.4) is 0 Å². The van der Waals surface area contributed by atoms with E-state index in [1.54, 1.807) is 37.3 Å². The normalized spacial score (nSPS) is 10.3. The number of nitro groups is 1. The largest absolute Gasteiger partial charge is 0.456 e. The van der Waals surface area contributed by atoms with Crippen molar-refractivity contribution in [1.82, 2.24) is 0 Å². The van der Waals surface area contributed by atoms with Crippen molar-refractivity contribution in [3.05, 3.63) is 68.6 Å². The highest BCUT2D eigenvalue weighted by molar-refractivity contribution is 5.72. The molecule has 126 valence electrons. The average Bonchev–Trinajstić information content (AvgIpc) is 3.08. The lowest BCUT2D eigenvalue weighted by molar-refractivity contribution is -0.384. The average molecular weight is 345 g/mol. The molecule has 1 heterocycles. The Morgan fingerprint density at radius 2 is 1.88 bits per heavy atom. The van der Waals surface area contributed by atoms with Gasteiger partial charge in [0.2, 0.25) is 0 Å². The summed E-state index contributed by atoms with van der Waals surface area (Å²) >= 11 is 0. The highest BCUT2D eigenvalue weighted by Crippen LogP contribution is 2.32. The Morgan fingerprint density at radius 3 is 2.46 bits per heavy atom. The molecule has 0 atom stereocenters. The third-order valence-corrected chi connectivity index (χ3v) is 3.43. The number of aryl methyl sites for hydroxylation is 1. The molecule has 1 aromatic carbocycles. The zero-order chi connectivity index (χ0) is 19.3. The zero-order valence-corrected chi connectivity index (χ0v) is 13.6. The number of nitrogens with zero attached hydrogens (tertiary/aromatic N) is 4. The SMILES string of the molecule is Cc1ccc(-c2ccc(/C=C(\C#N)C(N)=C(C#N)C#N)o2)c([N+](=O)[O-])c1. The Balaban J connectivity index is 2.51. The van der Waals surface area contributed by atoms with Crippen molar-refractivity contribution >= 4 is 11.8 Å². The van der Waals surface area contributed by atoms with Crippen LogP contribution in [0.2, 0.25) is 0 Å². The van der Waals surface area contributed by atoms with E-state index in [0.717, 1.165) is 5.56 Å². The number of allylic oxidation sites excluding steroid dienone is 2. The molecule has 0 radical (unpaired) electrons. The van der Waals surface area contributed by atoms with Gasteiger partial charge in [0.15, 0.2) is 5.57 Å². The molecule has 8 heteroatoms. The molecule has 0 saturated heterocycles. The van der Waals surface area contributed by atoms with E-state index >= 15 is 0 Å². The van der Waals surface area contributed by atoms with Crippen molar-refractivity contribution in [2.75, 3.05) is 0 Å². The number of hydrogen-bond donors (Lipinski definition) is 1. The van der Waals surface area contributed by atoms with E-state index in [1.165, 1.54) is 24.3 Å². The first-order valence-electron chi connectivity index (χ1n) is 7.18. The Hall–Kier alpha value is -4.35. The number of nitriles is 3. The van der Waals surface area contributed by atoms with Crippen molar-refractivity contribution in [3.8, 4) is 29.5 Å². The molecule has 2 aromatic rings. The summed E-state index contributed by atoms with van der Waals surface area (Å²) in [6.45, 7) is 1.74. The summed E-state index contributed by atoms with van der Waals surface area (Å²) in [6, 6.07) is 12.7. The maximum atomic E-state index is 11.2. The topological polar surface area (TPSA) is 154 Å². The molecule has 0 spiro atoms. The van der Waals surface area contributed by atoms with Crippen LogP contribution in [0.1, 0.15) is 11.3 Å². The van der Waals surface area contributed by atoms with Gasteiger partial charge in [0, 0.05) is 12.1 Å². The van der Waals surface area contributed by atoms with Crippen LogP contribution in [0.15, 0.2) is 51.6 Å². The Bertz CT molecular complexity index is 1060. The number of hydrogen-bond acceptors (Lipinski definition) is 7. The molecule has 8 nitrogen and oxygen atoms in total. The van der Waals surface area contributed by atoms with Gasteiger partial charge in [0.25, 0.3) is 5.69 Å². The van der Waals surface area contributed by atoms with Crippen LogP contribution in [-0.4, -0.2) is 4.92 Å². The molecule has 0 bridgehead atoms. The number of furan rings is 1. The van der Waals surface area contributed by atoms with Gasteiger partial charge in [-0.3, -0.25) is 10.1 Å². The van der Waals surface area contributed by atoms with Gasteiger partial charge >= 0.3 is 0 Å². The summed E-state index contributed by atoms with van der Waals surface area (Å²) in [7, 11) is 0. The van der Waals surface area contributed by atoms with Crippen molar-refractivity contribution in [3.63, 3.8) is 0 Å². The molecule has 2 N–H and O–H groups in total. The molecule has 0 aliphatic heterocycles. The third-order valence-electron chi connectivity index (χ3n) is 3.43. The summed E-state index contributed by atoms with van der Waals surface area (Å²) < 4.78 is 5.55. The molecule has 0 amide bonds. The predicted octanol–water partition coefficient (Wildman–Crippen LogP) is 3.33. The predicted molar refractivity (Wildman–Crippen MR) is 91.6 cm³/mol. The number of benzene rings is 1. The lowest BCUT2D eigenvalue weighted by Crippen LogP contribution is -2.03. The minimum atomic E-state index is -0.506. The molecule has 0 aliphatic carbocycles. The molecule has 0 fully saturated rings. The van der Waals surface area contributed by atoms with Crippen LogP contribution < -0.4 is 5.73 Å². The van der Waals surface area contributed by atoms with Crippen LogP contribution in [0.5, 0.6) is 0 Å². The molecule has 0 aliphatic rings. The van der Waals surface area contributed by atoms with Gasteiger partial charge in [-0.2, -0.15) is 15.8 Å². The maximum Gasteiger partial charge on any atom is 0.280 e. The zero-order valence-electron chi connectivity index (χ0n) is 13.6. The molecule has 0 saturated carbocycles. The van der Waals surface area contributed by atoms with Crippen molar-refractivity contribution in [2.45, 2.75) is 6.92 Å². The van der Waals surface area contributed by atoms with Crippen molar-refractivity contribution in [1.29, 1.82) is 15.8 Å². The van der Waals surface area contributed by atoms with E-state index < -0.39 is 10.5 Å². The lowest BCUT2D eigenvalue weighted by atomic mass is 10.1. The Morgan fingerprint density at radius 1 is 1.19 bits per heavy atom. The van der Waals surface area contributed by atoms with E-state index in [2.05, 4.69) is 0 Å². The van der Waals surface area contributed by atoms with Crippen molar-refractivity contribution in [2.24, 2.45) is 5.73 Å². The summed E-state index contributed by atoms with van der Waals surface area (Å²) in [5.74, 6) is 0.438. The number of nitrogens with two attached hydrogens (primary N) is 1. The quantitative estimate of drug-likeness (QED) is 0.385. The van der Waals surface area contributed by atoms with Crippen LogP contribution in [0.25, 0.3) is 17.4 Å². The first kappa shape index (κ1) is 18.0. The fraction of sp³-hybridized carbons (Fsp3) is 0.0556. The Kier molecular flexibility index (Phi) is 5.18. The second kappa shape index (κ2) is 7.48. The summed E-state index contributed by atoms with van der Waals surface area (Å²) in [4.78, 5) is 10.7. The van der Waals surface area contributed by atoms with E-state index in [4.69, 9.17) is 20.7 Å². The fourth-order valence-electron chi connectivity index (χ4n) is 2.17. The van der Waals surface area contributed by atoms with Crippen molar-refractivity contribution < 1.29 is 9.34 Å². The highest BCUT2D eigenvalue weighted by Gasteiger charge is 2.18. The monoisotopic (exact) mass is 345 g/mol. The molecule has 26 heavy (non-hydrogen) atoms. The lowest BCUT2D eigenvalue weighted by Gasteiger charge is -2.01. The van der Waals surface area contributed by atoms with Gasteiger partial charge in [0.1, 0.15) is 29.7 Å². The minimum absolute atomic E-state index is 0.106. The summed E-state index contributed by atoms with van der Waals surface area (Å²) in [5.41, 5.74) is 5.79. The second-order valence-corrected chi connectivity index (χ2v) is 5.16. The summed E-state index contributed by atoms with van der Waals surface area (Å²) in [5, 5.41) is 38.1. The first-order chi connectivity index (χ1) is 12.4. The van der Waals surface area contributed by atoms with Crippen LogP contribution >= 0.6 is 0 Å². The van der Waals surface area contributed by atoms with Gasteiger partial charge in [0.05, 0.1) is 21.8 Å². The maximum absolute atomic E-state index is 11.2. The smallest absolute Gasteiger partial charge is 0.280 e. The van der Waals surface area contributed by atoms with Gasteiger partial charge in [-0.25, -0.2) is 0 Å². The van der Waals surface area contributed by atoms with Gasteiger partial charge in [-0.15, -0.1) is 0 Å². The molecular formula is C18H11N5O3. The van der Waals surface area contributed by atoms with Crippen LogP contribution in [-0.2, 0) is 0 Å².